The zero-order chi connectivity index (χ0) is 19.3. The number of hydrogen-bond acceptors (Lipinski definition) is 5. The molecule has 1 N–H and O–H groups in total. The molecule has 1 aromatic heterocycles. The second-order valence-electron chi connectivity index (χ2n) is 6.11. The summed E-state index contributed by atoms with van der Waals surface area (Å²) >= 11 is 7.53. The lowest BCUT2D eigenvalue weighted by atomic mass is 10.1. The molecule has 1 saturated heterocycles. The van der Waals surface area contributed by atoms with E-state index in [0.717, 1.165) is 16.9 Å². The van der Waals surface area contributed by atoms with E-state index in [-0.39, 0.29) is 11.2 Å². The number of rotatable bonds is 5. The SMILES string of the molecule is O=C1N/C(=N\N=C\c2ccc(-c3ccccc3)o2)SC1Cc1ccccc1Cl. The molecule has 1 amide bonds. The van der Waals surface area contributed by atoms with Gasteiger partial charge in [-0.2, -0.15) is 5.10 Å². The van der Waals surface area contributed by atoms with Gasteiger partial charge in [-0.15, -0.1) is 5.10 Å². The number of amidine groups is 1. The van der Waals surface area contributed by atoms with Gasteiger partial charge in [-0.25, -0.2) is 0 Å². The van der Waals surface area contributed by atoms with E-state index in [1.54, 1.807) is 0 Å². The number of benzene rings is 2. The normalized spacial score (nSPS) is 18.1. The van der Waals surface area contributed by atoms with Crippen LogP contribution in [0.3, 0.4) is 0 Å². The molecule has 0 saturated carbocycles. The summed E-state index contributed by atoms with van der Waals surface area (Å²) in [6.45, 7) is 0. The van der Waals surface area contributed by atoms with Gasteiger partial charge in [0.25, 0.3) is 0 Å². The fourth-order valence-corrected chi connectivity index (χ4v) is 3.93. The molecular weight excluding hydrogens is 394 g/mol. The van der Waals surface area contributed by atoms with Gasteiger partial charge in [-0.1, -0.05) is 71.9 Å². The Hall–Kier alpha value is -2.83. The van der Waals surface area contributed by atoms with Gasteiger partial charge in [0.1, 0.15) is 11.5 Å². The predicted octanol–water partition coefficient (Wildman–Crippen LogP) is 4.76. The highest BCUT2D eigenvalue weighted by Crippen LogP contribution is 2.26. The summed E-state index contributed by atoms with van der Waals surface area (Å²) in [5.41, 5.74) is 1.93. The summed E-state index contributed by atoms with van der Waals surface area (Å²) in [5, 5.41) is 11.7. The maximum atomic E-state index is 12.2. The number of furan rings is 1. The highest BCUT2D eigenvalue weighted by atomic mass is 35.5. The van der Waals surface area contributed by atoms with Gasteiger partial charge in [0.15, 0.2) is 5.17 Å². The maximum Gasteiger partial charge on any atom is 0.239 e. The van der Waals surface area contributed by atoms with Gasteiger partial charge in [-0.3, -0.25) is 4.79 Å². The van der Waals surface area contributed by atoms with Crippen LogP contribution in [0.4, 0.5) is 0 Å². The van der Waals surface area contributed by atoms with Crippen molar-refractivity contribution in [1.29, 1.82) is 0 Å². The molecule has 2 heterocycles. The number of nitrogens with one attached hydrogen (secondary N) is 1. The minimum Gasteiger partial charge on any atom is -0.455 e. The van der Waals surface area contributed by atoms with E-state index in [4.69, 9.17) is 16.0 Å². The van der Waals surface area contributed by atoms with Crippen LogP contribution >= 0.6 is 23.4 Å². The molecular formula is C21H16ClN3O2S. The number of carbonyl (C=O) groups is 1. The van der Waals surface area contributed by atoms with Crippen LogP contribution in [0, 0.1) is 0 Å². The Morgan fingerprint density at radius 1 is 1.07 bits per heavy atom. The van der Waals surface area contributed by atoms with E-state index in [1.807, 2.05) is 66.7 Å². The largest absolute Gasteiger partial charge is 0.455 e. The molecule has 4 rings (SSSR count). The van der Waals surface area contributed by atoms with Gasteiger partial charge < -0.3 is 9.73 Å². The van der Waals surface area contributed by atoms with Crippen LogP contribution in [0.1, 0.15) is 11.3 Å². The molecule has 1 fully saturated rings. The number of thioether (sulfide) groups is 1. The second-order valence-corrected chi connectivity index (χ2v) is 7.71. The predicted molar refractivity (Wildman–Crippen MR) is 114 cm³/mol. The summed E-state index contributed by atoms with van der Waals surface area (Å²) in [6.07, 6.45) is 2.06. The highest BCUT2D eigenvalue weighted by Gasteiger charge is 2.30. The Balaban J connectivity index is 1.39. The van der Waals surface area contributed by atoms with Crippen LogP contribution in [0.15, 0.2) is 81.4 Å². The van der Waals surface area contributed by atoms with Gasteiger partial charge in [0, 0.05) is 10.6 Å². The van der Waals surface area contributed by atoms with Gasteiger partial charge in [0.2, 0.25) is 5.91 Å². The summed E-state index contributed by atoms with van der Waals surface area (Å²) in [6, 6.07) is 21.0. The topological polar surface area (TPSA) is 67.0 Å². The van der Waals surface area contributed by atoms with Crippen LogP contribution in [0.5, 0.6) is 0 Å². The van der Waals surface area contributed by atoms with Crippen LogP contribution in [-0.4, -0.2) is 22.5 Å². The lowest BCUT2D eigenvalue weighted by Crippen LogP contribution is -2.26. The molecule has 0 spiro atoms. The first kappa shape index (κ1) is 18.5. The first-order valence-electron chi connectivity index (χ1n) is 8.66. The second kappa shape index (κ2) is 8.46. The zero-order valence-electron chi connectivity index (χ0n) is 14.7. The van der Waals surface area contributed by atoms with Crippen LogP contribution in [0.2, 0.25) is 5.02 Å². The lowest BCUT2D eigenvalue weighted by molar-refractivity contribution is -0.118. The van der Waals surface area contributed by atoms with Crippen molar-refractivity contribution in [3.05, 3.63) is 83.1 Å². The fourth-order valence-electron chi connectivity index (χ4n) is 2.77. The third-order valence-electron chi connectivity index (χ3n) is 4.16. The van der Waals surface area contributed by atoms with Crippen molar-refractivity contribution < 1.29 is 9.21 Å². The molecule has 1 unspecified atom stereocenters. The third kappa shape index (κ3) is 4.35. The molecule has 5 nitrogen and oxygen atoms in total. The van der Waals surface area contributed by atoms with Crippen LogP contribution in [0.25, 0.3) is 11.3 Å². The molecule has 2 aromatic carbocycles. The van der Waals surface area contributed by atoms with Crippen molar-refractivity contribution >= 4 is 40.7 Å². The van der Waals surface area contributed by atoms with E-state index in [2.05, 4.69) is 15.5 Å². The molecule has 3 aromatic rings. The van der Waals surface area contributed by atoms with E-state index < -0.39 is 0 Å². The zero-order valence-corrected chi connectivity index (χ0v) is 16.3. The average Bonchev–Trinajstić information content (AvgIpc) is 3.31. The summed E-state index contributed by atoms with van der Waals surface area (Å²) in [7, 11) is 0. The van der Waals surface area contributed by atoms with Crippen LogP contribution < -0.4 is 5.32 Å². The van der Waals surface area contributed by atoms with Gasteiger partial charge in [-0.05, 0) is 30.2 Å². The Kier molecular flexibility index (Phi) is 5.60. The van der Waals surface area contributed by atoms with Crippen molar-refractivity contribution in [1.82, 2.24) is 5.32 Å². The molecule has 1 atom stereocenters. The molecule has 1 aliphatic heterocycles. The first-order chi connectivity index (χ1) is 13.7. The minimum atomic E-state index is -0.276. The summed E-state index contributed by atoms with van der Waals surface area (Å²) < 4.78 is 5.74. The van der Waals surface area contributed by atoms with Crippen LogP contribution in [-0.2, 0) is 11.2 Å². The summed E-state index contributed by atoms with van der Waals surface area (Å²) in [4.78, 5) is 12.2. The van der Waals surface area contributed by atoms with Crippen molar-refractivity contribution in [3.63, 3.8) is 0 Å². The molecule has 140 valence electrons. The Morgan fingerprint density at radius 3 is 2.68 bits per heavy atom. The number of halogens is 1. The third-order valence-corrected chi connectivity index (χ3v) is 5.60. The number of amides is 1. The smallest absolute Gasteiger partial charge is 0.239 e. The molecule has 28 heavy (non-hydrogen) atoms. The average molecular weight is 410 g/mol. The van der Waals surface area contributed by atoms with Crippen molar-refractivity contribution in [2.75, 3.05) is 0 Å². The highest BCUT2D eigenvalue weighted by molar-refractivity contribution is 8.15. The van der Waals surface area contributed by atoms with Gasteiger partial charge >= 0.3 is 0 Å². The first-order valence-corrected chi connectivity index (χ1v) is 9.92. The molecule has 0 bridgehead atoms. The molecule has 0 aliphatic carbocycles. The lowest BCUT2D eigenvalue weighted by Gasteiger charge is -2.06. The van der Waals surface area contributed by atoms with Crippen molar-refractivity contribution in [2.24, 2.45) is 10.2 Å². The van der Waals surface area contributed by atoms with E-state index in [0.29, 0.717) is 22.4 Å². The molecule has 0 radical (unpaired) electrons. The minimum absolute atomic E-state index is 0.0942. The molecule has 1 aliphatic rings. The number of carbonyl (C=O) groups excluding carboxylic acids is 1. The Bertz CT molecular complexity index is 1050. The Labute approximate surface area is 171 Å². The fraction of sp³-hybridized carbons (Fsp3) is 0.0952. The van der Waals surface area contributed by atoms with E-state index >= 15 is 0 Å². The Morgan fingerprint density at radius 2 is 1.86 bits per heavy atom. The van der Waals surface area contributed by atoms with Crippen molar-refractivity contribution in [3.8, 4) is 11.3 Å². The monoisotopic (exact) mass is 409 g/mol. The van der Waals surface area contributed by atoms with Gasteiger partial charge in [0.05, 0.1) is 11.5 Å². The number of nitrogens with zero attached hydrogens (tertiary/aromatic N) is 2. The van der Waals surface area contributed by atoms with Crippen molar-refractivity contribution in [2.45, 2.75) is 11.7 Å². The summed E-state index contributed by atoms with van der Waals surface area (Å²) in [5.74, 6) is 1.26. The number of hydrogen-bond donors (Lipinski definition) is 1. The standard InChI is InChI=1S/C21H16ClN3O2S/c22-17-9-5-4-8-15(17)12-19-20(26)24-21(28-19)25-23-13-16-10-11-18(27-16)14-6-2-1-3-7-14/h1-11,13,19H,12H2,(H,24,25,26)/b23-13+. The van der Waals surface area contributed by atoms with E-state index in [9.17, 15) is 4.79 Å². The van der Waals surface area contributed by atoms with E-state index in [1.165, 1.54) is 18.0 Å². The quantitative estimate of drug-likeness (QED) is 0.487. The molecule has 7 heteroatoms. The maximum absolute atomic E-state index is 12.2.